The first kappa shape index (κ1) is 11.8. The molecular formula is C8H11F3N2O2. The summed E-state index contributed by atoms with van der Waals surface area (Å²) in [6.45, 7) is 3.20. The number of oxime groups is 1. The Morgan fingerprint density at radius 1 is 1.40 bits per heavy atom. The average Bonchev–Trinajstić information content (AvgIpc) is 2.17. The van der Waals surface area contributed by atoms with Gasteiger partial charge < -0.3 is 9.74 Å². The molecule has 15 heavy (non-hydrogen) atoms. The highest BCUT2D eigenvalue weighted by molar-refractivity contribution is 5.81. The normalized spacial score (nSPS) is 18.7. The van der Waals surface area contributed by atoms with Crippen LogP contribution in [0.1, 0.15) is 12.8 Å². The van der Waals surface area contributed by atoms with Crippen LogP contribution >= 0.6 is 0 Å². The molecule has 0 bridgehead atoms. The standard InChI is InChI=1S/C8H11F3N2O2/c1-12-15-6-2-4-13(5-3-6)7(14)8(9,10)11/h6H,1-5H2. The molecule has 0 radical (unpaired) electrons. The Bertz CT molecular complexity index is 247. The summed E-state index contributed by atoms with van der Waals surface area (Å²) in [5.74, 6) is -1.78. The van der Waals surface area contributed by atoms with E-state index in [9.17, 15) is 18.0 Å². The zero-order valence-electron chi connectivity index (χ0n) is 7.96. The van der Waals surface area contributed by atoms with E-state index >= 15 is 0 Å². The SMILES string of the molecule is C=NOC1CCN(C(=O)C(F)(F)F)CC1. The molecule has 0 aromatic rings. The molecular weight excluding hydrogens is 213 g/mol. The lowest BCUT2D eigenvalue weighted by atomic mass is 10.1. The predicted molar refractivity (Wildman–Crippen MR) is 46.3 cm³/mol. The highest BCUT2D eigenvalue weighted by Gasteiger charge is 2.43. The second kappa shape index (κ2) is 4.50. The van der Waals surface area contributed by atoms with Crippen molar-refractivity contribution >= 4 is 12.6 Å². The number of hydrogen-bond donors (Lipinski definition) is 0. The number of halogens is 3. The van der Waals surface area contributed by atoms with Crippen molar-refractivity contribution in [3.63, 3.8) is 0 Å². The first-order valence-corrected chi connectivity index (χ1v) is 4.43. The summed E-state index contributed by atoms with van der Waals surface area (Å²) < 4.78 is 36.1. The number of carbonyl (C=O) groups is 1. The number of nitrogens with zero attached hydrogens (tertiary/aromatic N) is 2. The van der Waals surface area contributed by atoms with Crippen LogP contribution < -0.4 is 0 Å². The van der Waals surface area contributed by atoms with Gasteiger partial charge >= 0.3 is 12.1 Å². The van der Waals surface area contributed by atoms with Crippen LogP contribution in [0, 0.1) is 0 Å². The molecule has 1 saturated heterocycles. The first-order chi connectivity index (χ1) is 6.95. The lowest BCUT2D eigenvalue weighted by Crippen LogP contribution is -2.46. The van der Waals surface area contributed by atoms with E-state index < -0.39 is 12.1 Å². The van der Waals surface area contributed by atoms with Crippen LogP contribution in [-0.4, -0.2) is 42.9 Å². The van der Waals surface area contributed by atoms with E-state index in [1.165, 1.54) is 0 Å². The lowest BCUT2D eigenvalue weighted by molar-refractivity contribution is -0.187. The summed E-state index contributed by atoms with van der Waals surface area (Å²) in [6, 6.07) is 0. The van der Waals surface area contributed by atoms with Crippen molar-refractivity contribution in [2.75, 3.05) is 13.1 Å². The van der Waals surface area contributed by atoms with Crippen molar-refractivity contribution in [2.45, 2.75) is 25.1 Å². The van der Waals surface area contributed by atoms with Crippen LogP contribution in [0.25, 0.3) is 0 Å². The Balaban J connectivity index is 2.44. The molecule has 0 N–H and O–H groups in total. The van der Waals surface area contributed by atoms with Gasteiger partial charge in [0.2, 0.25) is 0 Å². The molecule has 1 aliphatic rings. The topological polar surface area (TPSA) is 41.9 Å². The maximum absolute atomic E-state index is 12.0. The van der Waals surface area contributed by atoms with Crippen molar-refractivity contribution in [2.24, 2.45) is 5.16 Å². The van der Waals surface area contributed by atoms with E-state index in [2.05, 4.69) is 11.9 Å². The minimum atomic E-state index is -4.79. The van der Waals surface area contributed by atoms with Crippen LogP contribution in [0.3, 0.4) is 0 Å². The lowest BCUT2D eigenvalue weighted by Gasteiger charge is -2.30. The zero-order chi connectivity index (χ0) is 11.5. The van der Waals surface area contributed by atoms with Crippen LogP contribution in [-0.2, 0) is 9.63 Å². The highest BCUT2D eigenvalue weighted by atomic mass is 19.4. The summed E-state index contributed by atoms with van der Waals surface area (Å²) in [5.41, 5.74) is 0. The van der Waals surface area contributed by atoms with E-state index in [-0.39, 0.29) is 19.2 Å². The number of piperidine rings is 1. The molecule has 1 rings (SSSR count). The van der Waals surface area contributed by atoms with Crippen molar-refractivity contribution in [3.05, 3.63) is 0 Å². The molecule has 7 heteroatoms. The van der Waals surface area contributed by atoms with Gasteiger partial charge in [0.1, 0.15) is 6.10 Å². The number of alkyl halides is 3. The fourth-order valence-corrected chi connectivity index (χ4v) is 1.45. The Morgan fingerprint density at radius 2 is 1.93 bits per heavy atom. The first-order valence-electron chi connectivity index (χ1n) is 4.43. The molecule has 0 saturated carbocycles. The zero-order valence-corrected chi connectivity index (χ0v) is 7.96. The van der Waals surface area contributed by atoms with E-state index in [0.717, 1.165) is 4.90 Å². The van der Waals surface area contributed by atoms with Gasteiger partial charge in [-0.15, -0.1) is 5.16 Å². The van der Waals surface area contributed by atoms with Gasteiger partial charge in [0.25, 0.3) is 0 Å². The van der Waals surface area contributed by atoms with Crippen LogP contribution in [0.2, 0.25) is 0 Å². The second-order valence-electron chi connectivity index (χ2n) is 3.22. The van der Waals surface area contributed by atoms with Gasteiger partial charge in [0, 0.05) is 32.6 Å². The molecule has 0 aliphatic carbocycles. The van der Waals surface area contributed by atoms with Crippen molar-refractivity contribution in [1.82, 2.24) is 4.90 Å². The van der Waals surface area contributed by atoms with Crippen LogP contribution in [0.4, 0.5) is 13.2 Å². The molecule has 0 atom stereocenters. The average molecular weight is 224 g/mol. The highest BCUT2D eigenvalue weighted by Crippen LogP contribution is 2.22. The fourth-order valence-electron chi connectivity index (χ4n) is 1.45. The molecule has 0 unspecified atom stereocenters. The molecule has 1 fully saturated rings. The van der Waals surface area contributed by atoms with E-state index in [4.69, 9.17) is 4.84 Å². The summed E-state index contributed by atoms with van der Waals surface area (Å²) in [4.78, 5) is 16.4. The maximum Gasteiger partial charge on any atom is 0.471 e. The third-order valence-corrected chi connectivity index (χ3v) is 2.20. The van der Waals surface area contributed by atoms with Crippen molar-refractivity contribution in [3.8, 4) is 0 Å². The van der Waals surface area contributed by atoms with Gasteiger partial charge in [-0.25, -0.2) is 0 Å². The molecule has 4 nitrogen and oxygen atoms in total. The number of carbonyl (C=O) groups excluding carboxylic acids is 1. The molecule has 1 amide bonds. The van der Waals surface area contributed by atoms with Gasteiger partial charge in [0.05, 0.1) is 0 Å². The monoisotopic (exact) mass is 224 g/mol. The summed E-state index contributed by atoms with van der Waals surface area (Å²) >= 11 is 0. The van der Waals surface area contributed by atoms with E-state index in [1.807, 2.05) is 0 Å². The van der Waals surface area contributed by atoms with Gasteiger partial charge in [0.15, 0.2) is 0 Å². The fraction of sp³-hybridized carbons (Fsp3) is 0.750. The van der Waals surface area contributed by atoms with Gasteiger partial charge in [-0.05, 0) is 0 Å². The van der Waals surface area contributed by atoms with Crippen LogP contribution in [0.15, 0.2) is 5.16 Å². The molecule has 1 heterocycles. The van der Waals surface area contributed by atoms with Gasteiger partial charge in [-0.1, -0.05) is 0 Å². The smallest absolute Gasteiger partial charge is 0.393 e. The molecule has 0 aromatic heterocycles. The quantitative estimate of drug-likeness (QED) is 0.522. The Kier molecular flexibility index (Phi) is 3.54. The van der Waals surface area contributed by atoms with Crippen molar-refractivity contribution < 1.29 is 22.8 Å². The number of amides is 1. The van der Waals surface area contributed by atoms with Gasteiger partial charge in [-0.3, -0.25) is 4.79 Å². The molecule has 0 spiro atoms. The summed E-state index contributed by atoms with van der Waals surface area (Å²) in [6.07, 6.45) is -4.33. The minimum Gasteiger partial charge on any atom is -0.393 e. The van der Waals surface area contributed by atoms with Crippen molar-refractivity contribution in [1.29, 1.82) is 0 Å². The molecule has 1 aliphatic heterocycles. The minimum absolute atomic E-state index is 0.0402. The van der Waals surface area contributed by atoms with E-state index in [0.29, 0.717) is 12.8 Å². The molecule has 86 valence electrons. The number of rotatable bonds is 2. The maximum atomic E-state index is 12.0. The second-order valence-corrected chi connectivity index (χ2v) is 3.22. The Morgan fingerprint density at radius 3 is 2.33 bits per heavy atom. The molecule has 0 aromatic carbocycles. The largest absolute Gasteiger partial charge is 0.471 e. The van der Waals surface area contributed by atoms with E-state index in [1.54, 1.807) is 0 Å². The summed E-state index contributed by atoms with van der Waals surface area (Å²) in [7, 11) is 0. The Labute approximate surface area is 84.7 Å². The third kappa shape index (κ3) is 3.10. The number of hydrogen-bond acceptors (Lipinski definition) is 3. The Hall–Kier alpha value is -1.27. The predicted octanol–water partition coefficient (Wildman–Crippen LogP) is 1.17. The van der Waals surface area contributed by atoms with Gasteiger partial charge in [-0.2, -0.15) is 13.2 Å². The summed E-state index contributed by atoms with van der Waals surface area (Å²) in [5, 5.41) is 3.20. The third-order valence-electron chi connectivity index (χ3n) is 2.20. The van der Waals surface area contributed by atoms with Crippen LogP contribution in [0.5, 0.6) is 0 Å². The number of likely N-dealkylation sites (tertiary alicyclic amines) is 1.